The molecule has 0 aliphatic heterocycles. The van der Waals surface area contributed by atoms with E-state index in [1.54, 1.807) is 29.1 Å². The molecule has 88 valence electrons. The first-order valence-corrected chi connectivity index (χ1v) is 5.28. The molecular formula is C11H11ClN4O. The molecule has 5 nitrogen and oxygen atoms in total. The molecule has 0 fully saturated rings. The number of hydrogen-bond acceptors (Lipinski definition) is 3. The lowest BCUT2D eigenvalue weighted by Crippen LogP contribution is -2.13. The molecule has 2 aromatic rings. The molecule has 0 saturated heterocycles. The maximum atomic E-state index is 8.59. The van der Waals surface area contributed by atoms with Gasteiger partial charge in [-0.05, 0) is 30.7 Å². The summed E-state index contributed by atoms with van der Waals surface area (Å²) in [6, 6.07) is 5.19. The predicted octanol–water partition coefficient (Wildman–Crippen LogP) is 1.93. The summed E-state index contributed by atoms with van der Waals surface area (Å²) in [5.74, 6) is -0.0156. The van der Waals surface area contributed by atoms with E-state index in [0.717, 1.165) is 11.3 Å². The van der Waals surface area contributed by atoms with Crippen LogP contribution < -0.4 is 5.73 Å². The van der Waals surface area contributed by atoms with Gasteiger partial charge in [-0.15, -0.1) is 0 Å². The number of aromatic nitrogens is 2. The van der Waals surface area contributed by atoms with Crippen molar-refractivity contribution in [1.82, 2.24) is 9.78 Å². The number of rotatable bonds is 2. The van der Waals surface area contributed by atoms with E-state index in [0.29, 0.717) is 10.6 Å². The van der Waals surface area contributed by atoms with Gasteiger partial charge in [-0.1, -0.05) is 16.8 Å². The lowest BCUT2D eigenvalue weighted by molar-refractivity contribution is 0.318. The molecule has 1 aromatic heterocycles. The van der Waals surface area contributed by atoms with Crippen LogP contribution in [0.15, 0.2) is 35.7 Å². The van der Waals surface area contributed by atoms with Crippen LogP contribution in [0.2, 0.25) is 5.02 Å². The molecule has 2 rings (SSSR count). The van der Waals surface area contributed by atoms with Crippen molar-refractivity contribution in [3.8, 4) is 5.69 Å². The van der Waals surface area contributed by atoms with Crippen molar-refractivity contribution in [2.24, 2.45) is 10.9 Å². The Balaban J connectivity index is 2.44. The Labute approximate surface area is 103 Å². The third kappa shape index (κ3) is 2.24. The molecule has 0 aliphatic rings. The minimum absolute atomic E-state index is 0.0156. The van der Waals surface area contributed by atoms with Crippen LogP contribution in [0.4, 0.5) is 0 Å². The van der Waals surface area contributed by atoms with E-state index < -0.39 is 0 Å². The zero-order valence-electron chi connectivity index (χ0n) is 9.13. The van der Waals surface area contributed by atoms with Gasteiger partial charge in [-0.25, -0.2) is 4.68 Å². The maximum absolute atomic E-state index is 8.59. The van der Waals surface area contributed by atoms with Crippen LogP contribution in [0.1, 0.15) is 11.1 Å². The predicted molar refractivity (Wildman–Crippen MR) is 65.8 cm³/mol. The van der Waals surface area contributed by atoms with Crippen molar-refractivity contribution in [3.63, 3.8) is 0 Å². The summed E-state index contributed by atoms with van der Waals surface area (Å²) in [7, 11) is 0. The highest BCUT2D eigenvalue weighted by atomic mass is 35.5. The second kappa shape index (κ2) is 4.47. The van der Waals surface area contributed by atoms with Gasteiger partial charge in [0.15, 0.2) is 5.84 Å². The fourth-order valence-electron chi connectivity index (χ4n) is 1.46. The van der Waals surface area contributed by atoms with Gasteiger partial charge in [0.05, 0.1) is 16.9 Å². The first-order valence-electron chi connectivity index (χ1n) is 4.91. The van der Waals surface area contributed by atoms with Crippen LogP contribution >= 0.6 is 11.6 Å². The Kier molecular flexibility index (Phi) is 3.01. The Hall–Kier alpha value is -2.01. The van der Waals surface area contributed by atoms with Crippen molar-refractivity contribution in [1.29, 1.82) is 0 Å². The molecule has 1 aromatic carbocycles. The number of benzene rings is 1. The van der Waals surface area contributed by atoms with E-state index in [9.17, 15) is 0 Å². The minimum atomic E-state index is -0.0156. The standard InChI is InChI=1S/C11H11ClN4O/c1-7-5-14-16(6-7)8-2-3-9(10(12)4-8)11(13)15-17/h2-6,17H,1H3,(H2,13,15). The molecule has 0 saturated carbocycles. The van der Waals surface area contributed by atoms with Gasteiger partial charge in [0, 0.05) is 11.8 Å². The number of hydrogen-bond donors (Lipinski definition) is 2. The van der Waals surface area contributed by atoms with Gasteiger partial charge in [0.1, 0.15) is 0 Å². The maximum Gasteiger partial charge on any atom is 0.171 e. The number of halogens is 1. The molecule has 1 heterocycles. The third-order valence-corrected chi connectivity index (χ3v) is 2.63. The van der Waals surface area contributed by atoms with E-state index >= 15 is 0 Å². The van der Waals surface area contributed by atoms with Gasteiger partial charge in [-0.3, -0.25) is 0 Å². The zero-order chi connectivity index (χ0) is 12.4. The quantitative estimate of drug-likeness (QED) is 0.370. The Morgan fingerprint density at radius 2 is 2.29 bits per heavy atom. The minimum Gasteiger partial charge on any atom is -0.409 e. The molecular weight excluding hydrogens is 240 g/mol. The van der Waals surface area contributed by atoms with E-state index in [1.165, 1.54) is 0 Å². The fraction of sp³-hybridized carbons (Fsp3) is 0.0909. The van der Waals surface area contributed by atoms with Gasteiger partial charge >= 0.3 is 0 Å². The van der Waals surface area contributed by atoms with Crippen molar-refractivity contribution in [3.05, 3.63) is 46.7 Å². The van der Waals surface area contributed by atoms with Crippen LogP contribution in [0.5, 0.6) is 0 Å². The first-order chi connectivity index (χ1) is 8.11. The molecule has 17 heavy (non-hydrogen) atoms. The Morgan fingerprint density at radius 1 is 1.53 bits per heavy atom. The van der Waals surface area contributed by atoms with Crippen LogP contribution in [-0.2, 0) is 0 Å². The Morgan fingerprint density at radius 3 is 2.82 bits per heavy atom. The van der Waals surface area contributed by atoms with E-state index in [4.69, 9.17) is 22.5 Å². The third-order valence-electron chi connectivity index (χ3n) is 2.31. The summed E-state index contributed by atoms with van der Waals surface area (Å²) in [6.45, 7) is 1.95. The normalized spacial score (nSPS) is 11.8. The first kappa shape index (κ1) is 11.5. The van der Waals surface area contributed by atoms with Gasteiger partial charge in [0.2, 0.25) is 0 Å². The fourth-order valence-corrected chi connectivity index (χ4v) is 1.73. The summed E-state index contributed by atoms with van der Waals surface area (Å²) in [4.78, 5) is 0. The smallest absolute Gasteiger partial charge is 0.171 e. The van der Waals surface area contributed by atoms with Crippen LogP contribution in [-0.4, -0.2) is 20.8 Å². The topological polar surface area (TPSA) is 76.4 Å². The molecule has 3 N–H and O–H groups in total. The highest BCUT2D eigenvalue weighted by Gasteiger charge is 2.07. The molecule has 0 bridgehead atoms. The lowest BCUT2D eigenvalue weighted by Gasteiger charge is -2.05. The number of aryl methyl sites for hydroxylation is 1. The van der Waals surface area contributed by atoms with Gasteiger partial charge in [-0.2, -0.15) is 5.10 Å². The van der Waals surface area contributed by atoms with E-state index in [2.05, 4.69) is 10.3 Å². The second-order valence-electron chi connectivity index (χ2n) is 3.61. The molecule has 6 heteroatoms. The summed E-state index contributed by atoms with van der Waals surface area (Å²) < 4.78 is 1.71. The van der Waals surface area contributed by atoms with Gasteiger partial charge < -0.3 is 10.9 Å². The van der Waals surface area contributed by atoms with E-state index in [1.807, 2.05) is 13.1 Å². The molecule has 0 atom stereocenters. The number of nitrogens with two attached hydrogens (primary N) is 1. The van der Waals surface area contributed by atoms with Crippen LogP contribution in [0.25, 0.3) is 5.69 Å². The summed E-state index contributed by atoms with van der Waals surface area (Å²) in [5, 5.41) is 16.1. The average molecular weight is 251 g/mol. The molecule has 0 unspecified atom stereocenters. The average Bonchev–Trinajstić information content (AvgIpc) is 2.75. The van der Waals surface area contributed by atoms with Crippen molar-refractivity contribution < 1.29 is 5.21 Å². The number of amidine groups is 1. The molecule has 0 spiro atoms. The highest BCUT2D eigenvalue weighted by molar-refractivity contribution is 6.34. The summed E-state index contributed by atoms with van der Waals surface area (Å²) in [5.41, 5.74) is 7.84. The molecule has 0 amide bonds. The van der Waals surface area contributed by atoms with Crippen molar-refractivity contribution >= 4 is 17.4 Å². The largest absolute Gasteiger partial charge is 0.409 e. The SMILES string of the molecule is Cc1cnn(-c2ccc(C(N)=NO)c(Cl)c2)c1. The lowest BCUT2D eigenvalue weighted by atomic mass is 10.2. The number of oxime groups is 1. The van der Waals surface area contributed by atoms with Crippen LogP contribution in [0.3, 0.4) is 0 Å². The summed E-state index contributed by atoms with van der Waals surface area (Å²) in [6.07, 6.45) is 3.64. The second-order valence-corrected chi connectivity index (χ2v) is 4.02. The molecule has 0 radical (unpaired) electrons. The Bertz CT molecular complexity index is 577. The number of nitrogens with zero attached hydrogens (tertiary/aromatic N) is 3. The van der Waals surface area contributed by atoms with E-state index in [-0.39, 0.29) is 5.84 Å². The summed E-state index contributed by atoms with van der Waals surface area (Å²) >= 11 is 6.05. The van der Waals surface area contributed by atoms with Crippen molar-refractivity contribution in [2.75, 3.05) is 0 Å². The zero-order valence-corrected chi connectivity index (χ0v) is 9.89. The molecule has 0 aliphatic carbocycles. The van der Waals surface area contributed by atoms with Gasteiger partial charge in [0.25, 0.3) is 0 Å². The van der Waals surface area contributed by atoms with Crippen molar-refractivity contribution in [2.45, 2.75) is 6.92 Å². The van der Waals surface area contributed by atoms with Crippen LogP contribution in [0, 0.1) is 6.92 Å². The highest BCUT2D eigenvalue weighted by Crippen LogP contribution is 2.20. The monoisotopic (exact) mass is 250 g/mol.